The molecule has 1 aliphatic heterocycles. The van der Waals surface area contributed by atoms with Gasteiger partial charge in [-0.15, -0.1) is 0 Å². The third-order valence-corrected chi connectivity index (χ3v) is 4.91. The molecule has 0 aliphatic carbocycles. The summed E-state index contributed by atoms with van der Waals surface area (Å²) < 4.78 is 11.4. The molecule has 0 unspecified atom stereocenters. The Balaban J connectivity index is 1.64. The van der Waals surface area contributed by atoms with E-state index < -0.39 is 0 Å². The predicted molar refractivity (Wildman–Crippen MR) is 111 cm³/mol. The van der Waals surface area contributed by atoms with Crippen molar-refractivity contribution in [2.45, 2.75) is 33.7 Å². The first-order chi connectivity index (χ1) is 14.0. The zero-order valence-electron chi connectivity index (χ0n) is 17.3. The number of fused-ring (bicyclic) bond motifs is 1. The maximum atomic E-state index is 12.6. The molecule has 1 aliphatic rings. The summed E-state index contributed by atoms with van der Waals surface area (Å²) in [6.45, 7) is 8.03. The summed E-state index contributed by atoms with van der Waals surface area (Å²) in [7, 11) is 0. The highest BCUT2D eigenvalue weighted by Gasteiger charge is 2.23. The SMILES string of the molecule is CCOc1cc2c(cc1OCC)CN(C(=O)CNC(=O)c1cccc(C)c1)CC2. The van der Waals surface area contributed by atoms with Crippen LogP contribution in [-0.4, -0.2) is 43.0 Å². The summed E-state index contributed by atoms with van der Waals surface area (Å²) in [5, 5.41) is 2.73. The molecule has 0 aromatic heterocycles. The smallest absolute Gasteiger partial charge is 0.251 e. The third-order valence-electron chi connectivity index (χ3n) is 4.91. The highest BCUT2D eigenvalue weighted by Crippen LogP contribution is 2.33. The third kappa shape index (κ3) is 5.08. The van der Waals surface area contributed by atoms with Crippen LogP contribution in [0.1, 0.15) is 40.9 Å². The van der Waals surface area contributed by atoms with Gasteiger partial charge in [-0.2, -0.15) is 0 Å². The fourth-order valence-electron chi connectivity index (χ4n) is 3.47. The van der Waals surface area contributed by atoms with Crippen molar-refractivity contribution in [3.8, 4) is 11.5 Å². The molecule has 1 heterocycles. The van der Waals surface area contributed by atoms with E-state index in [0.717, 1.165) is 23.3 Å². The molecule has 0 saturated carbocycles. The number of aryl methyl sites for hydroxylation is 1. The summed E-state index contributed by atoms with van der Waals surface area (Å²) in [6.07, 6.45) is 0.749. The van der Waals surface area contributed by atoms with Crippen LogP contribution in [0.4, 0.5) is 0 Å². The van der Waals surface area contributed by atoms with Gasteiger partial charge in [-0.05, 0) is 62.6 Å². The molecule has 0 fully saturated rings. The van der Waals surface area contributed by atoms with Crippen molar-refractivity contribution in [2.75, 3.05) is 26.3 Å². The number of carbonyl (C=O) groups excluding carboxylic acids is 2. The van der Waals surface area contributed by atoms with Gasteiger partial charge in [0.15, 0.2) is 11.5 Å². The number of nitrogens with zero attached hydrogens (tertiary/aromatic N) is 1. The Hall–Kier alpha value is -3.02. The van der Waals surface area contributed by atoms with E-state index in [1.165, 1.54) is 5.56 Å². The summed E-state index contributed by atoms with van der Waals surface area (Å²) >= 11 is 0. The van der Waals surface area contributed by atoms with E-state index in [4.69, 9.17) is 9.47 Å². The zero-order valence-corrected chi connectivity index (χ0v) is 17.3. The molecule has 0 saturated heterocycles. The largest absolute Gasteiger partial charge is 0.490 e. The first-order valence-corrected chi connectivity index (χ1v) is 10.1. The molecule has 0 spiro atoms. The van der Waals surface area contributed by atoms with E-state index in [-0.39, 0.29) is 18.4 Å². The lowest BCUT2D eigenvalue weighted by Crippen LogP contribution is -2.42. The maximum Gasteiger partial charge on any atom is 0.251 e. The van der Waals surface area contributed by atoms with Gasteiger partial charge in [-0.3, -0.25) is 9.59 Å². The lowest BCUT2D eigenvalue weighted by Gasteiger charge is -2.30. The Morgan fingerprint density at radius 1 is 1.03 bits per heavy atom. The molecule has 0 atom stereocenters. The van der Waals surface area contributed by atoms with Crippen LogP contribution in [0.5, 0.6) is 11.5 Å². The standard InChI is InChI=1S/C23H28N2O4/c1-4-28-20-12-17-9-10-25(15-19(17)13-21(20)29-5-2)22(26)14-24-23(27)18-8-6-7-16(3)11-18/h6-8,11-13H,4-5,9-10,14-15H2,1-3H3,(H,24,27). The van der Waals surface area contributed by atoms with Crippen LogP contribution in [-0.2, 0) is 17.8 Å². The number of rotatable bonds is 7. The van der Waals surface area contributed by atoms with Crippen molar-refractivity contribution in [3.63, 3.8) is 0 Å². The summed E-state index contributed by atoms with van der Waals surface area (Å²) in [5.41, 5.74) is 3.80. The molecule has 0 bridgehead atoms. The first-order valence-electron chi connectivity index (χ1n) is 10.1. The lowest BCUT2D eigenvalue weighted by molar-refractivity contribution is -0.131. The molecule has 3 rings (SSSR count). The second-order valence-electron chi connectivity index (χ2n) is 7.05. The minimum atomic E-state index is -0.237. The van der Waals surface area contributed by atoms with Gasteiger partial charge >= 0.3 is 0 Å². The lowest BCUT2D eigenvalue weighted by atomic mass is 9.98. The van der Waals surface area contributed by atoms with Crippen LogP contribution in [0.2, 0.25) is 0 Å². The summed E-state index contributed by atoms with van der Waals surface area (Å²) in [5.74, 6) is 1.12. The van der Waals surface area contributed by atoms with Crippen molar-refractivity contribution >= 4 is 11.8 Å². The van der Waals surface area contributed by atoms with Crippen LogP contribution in [0.15, 0.2) is 36.4 Å². The Kier molecular flexibility index (Phi) is 6.75. The van der Waals surface area contributed by atoms with Crippen LogP contribution in [0.25, 0.3) is 0 Å². The van der Waals surface area contributed by atoms with E-state index in [9.17, 15) is 9.59 Å². The molecular formula is C23H28N2O4. The van der Waals surface area contributed by atoms with E-state index >= 15 is 0 Å². The fraction of sp³-hybridized carbons (Fsp3) is 0.391. The topological polar surface area (TPSA) is 67.9 Å². The number of nitrogens with one attached hydrogen (secondary N) is 1. The fourth-order valence-corrected chi connectivity index (χ4v) is 3.47. The highest BCUT2D eigenvalue weighted by atomic mass is 16.5. The van der Waals surface area contributed by atoms with Crippen molar-refractivity contribution in [2.24, 2.45) is 0 Å². The second kappa shape index (κ2) is 9.45. The van der Waals surface area contributed by atoms with Gasteiger partial charge in [0.1, 0.15) is 0 Å². The van der Waals surface area contributed by atoms with Crippen molar-refractivity contribution in [1.29, 1.82) is 0 Å². The van der Waals surface area contributed by atoms with Crippen LogP contribution in [0, 0.1) is 6.92 Å². The average Bonchev–Trinajstić information content (AvgIpc) is 2.72. The maximum absolute atomic E-state index is 12.6. The molecular weight excluding hydrogens is 368 g/mol. The molecule has 6 nitrogen and oxygen atoms in total. The number of hydrogen-bond acceptors (Lipinski definition) is 4. The van der Waals surface area contributed by atoms with Crippen molar-refractivity contribution < 1.29 is 19.1 Å². The average molecular weight is 396 g/mol. The number of benzene rings is 2. The Bertz CT molecular complexity index is 894. The molecule has 2 aromatic carbocycles. The number of amides is 2. The minimum Gasteiger partial charge on any atom is -0.490 e. The van der Waals surface area contributed by atoms with Gasteiger partial charge in [0.05, 0.1) is 19.8 Å². The Morgan fingerprint density at radius 3 is 2.38 bits per heavy atom. The molecule has 1 N–H and O–H groups in total. The van der Waals surface area contributed by atoms with E-state index in [0.29, 0.717) is 37.6 Å². The summed E-state index contributed by atoms with van der Waals surface area (Å²) in [6, 6.07) is 11.3. The molecule has 29 heavy (non-hydrogen) atoms. The van der Waals surface area contributed by atoms with Gasteiger partial charge in [0.2, 0.25) is 5.91 Å². The number of ether oxygens (including phenoxy) is 2. The van der Waals surface area contributed by atoms with Crippen LogP contribution < -0.4 is 14.8 Å². The first kappa shape index (κ1) is 20.7. The van der Waals surface area contributed by atoms with Gasteiger partial charge in [0, 0.05) is 18.7 Å². The van der Waals surface area contributed by atoms with E-state index in [1.807, 2.05) is 51.1 Å². The summed E-state index contributed by atoms with van der Waals surface area (Å²) in [4.78, 5) is 26.7. The van der Waals surface area contributed by atoms with Crippen molar-refractivity contribution in [1.82, 2.24) is 10.2 Å². The van der Waals surface area contributed by atoms with Gasteiger partial charge in [-0.25, -0.2) is 0 Å². The highest BCUT2D eigenvalue weighted by molar-refractivity contribution is 5.96. The Labute approximate surface area is 171 Å². The minimum absolute atomic E-state index is 0.0164. The number of carbonyl (C=O) groups is 2. The second-order valence-corrected chi connectivity index (χ2v) is 7.05. The van der Waals surface area contributed by atoms with Crippen LogP contribution in [0.3, 0.4) is 0 Å². The quantitative estimate of drug-likeness (QED) is 0.781. The van der Waals surface area contributed by atoms with E-state index in [1.54, 1.807) is 11.0 Å². The van der Waals surface area contributed by atoms with E-state index in [2.05, 4.69) is 5.32 Å². The van der Waals surface area contributed by atoms with Gasteiger partial charge < -0.3 is 19.7 Å². The van der Waals surface area contributed by atoms with Crippen molar-refractivity contribution in [3.05, 3.63) is 58.7 Å². The number of hydrogen-bond donors (Lipinski definition) is 1. The normalized spacial score (nSPS) is 12.9. The molecule has 2 aromatic rings. The molecule has 2 amide bonds. The molecule has 0 radical (unpaired) electrons. The molecule has 154 valence electrons. The van der Waals surface area contributed by atoms with Gasteiger partial charge in [-0.1, -0.05) is 17.7 Å². The monoisotopic (exact) mass is 396 g/mol. The van der Waals surface area contributed by atoms with Gasteiger partial charge in [0.25, 0.3) is 5.91 Å². The van der Waals surface area contributed by atoms with Crippen LogP contribution >= 0.6 is 0 Å². The predicted octanol–water partition coefficient (Wildman–Crippen LogP) is 3.11. The zero-order chi connectivity index (χ0) is 20.8. The molecule has 6 heteroatoms. The Morgan fingerprint density at radius 2 is 1.72 bits per heavy atom.